The van der Waals surface area contributed by atoms with Crippen LogP contribution < -0.4 is 5.32 Å². The topological polar surface area (TPSA) is 12.0 Å². The fraction of sp³-hybridized carbons (Fsp3) is 0.182. The van der Waals surface area contributed by atoms with Crippen LogP contribution in [0, 0.1) is 18.8 Å². The predicted octanol–water partition coefficient (Wildman–Crippen LogP) is 2.33. The molecule has 1 heteroatoms. The van der Waals surface area contributed by atoms with Crippen LogP contribution in [0.2, 0.25) is 0 Å². The third-order valence-corrected chi connectivity index (χ3v) is 1.40. The molecule has 0 aliphatic heterocycles. The SMILES string of the molecule is [CH2]CC#CCNc1ccccc1. The van der Waals surface area contributed by atoms with E-state index in [2.05, 4.69) is 24.1 Å². The largest absolute Gasteiger partial charge is 0.374 e. The Kier molecular flexibility index (Phi) is 3.80. The van der Waals surface area contributed by atoms with Crippen molar-refractivity contribution >= 4 is 5.69 Å². The number of rotatable bonds is 2. The van der Waals surface area contributed by atoms with E-state index < -0.39 is 0 Å². The zero-order valence-electron chi connectivity index (χ0n) is 7.01. The zero-order chi connectivity index (χ0) is 8.65. The highest BCUT2D eigenvalue weighted by Gasteiger charge is 1.83. The minimum Gasteiger partial charge on any atom is -0.374 e. The van der Waals surface area contributed by atoms with Crippen molar-refractivity contribution < 1.29 is 0 Å². The summed E-state index contributed by atoms with van der Waals surface area (Å²) in [4.78, 5) is 0. The van der Waals surface area contributed by atoms with Gasteiger partial charge in [0.1, 0.15) is 0 Å². The van der Waals surface area contributed by atoms with E-state index in [0.717, 1.165) is 5.69 Å². The molecule has 0 amide bonds. The molecule has 1 rings (SSSR count). The predicted molar refractivity (Wildman–Crippen MR) is 52.7 cm³/mol. The van der Waals surface area contributed by atoms with Crippen LogP contribution in [-0.4, -0.2) is 6.54 Å². The number of benzene rings is 1. The first-order valence-electron chi connectivity index (χ1n) is 3.97. The number of hydrogen-bond donors (Lipinski definition) is 1. The summed E-state index contributed by atoms with van der Waals surface area (Å²) >= 11 is 0. The minimum atomic E-state index is 0.677. The monoisotopic (exact) mass is 158 g/mol. The van der Waals surface area contributed by atoms with E-state index in [1.54, 1.807) is 0 Å². The molecule has 12 heavy (non-hydrogen) atoms. The van der Waals surface area contributed by atoms with Crippen molar-refractivity contribution in [2.45, 2.75) is 6.42 Å². The third-order valence-electron chi connectivity index (χ3n) is 1.40. The highest BCUT2D eigenvalue weighted by molar-refractivity contribution is 5.43. The van der Waals surface area contributed by atoms with Crippen molar-refractivity contribution in [3.63, 3.8) is 0 Å². The Morgan fingerprint density at radius 1 is 1.17 bits per heavy atom. The van der Waals surface area contributed by atoms with Gasteiger partial charge in [-0.25, -0.2) is 0 Å². The quantitative estimate of drug-likeness (QED) is 0.651. The summed E-state index contributed by atoms with van der Waals surface area (Å²) in [5, 5.41) is 3.18. The molecule has 0 fully saturated rings. The van der Waals surface area contributed by atoms with Gasteiger partial charge in [0.15, 0.2) is 0 Å². The first kappa shape index (κ1) is 8.67. The second-order valence-electron chi connectivity index (χ2n) is 2.32. The van der Waals surface area contributed by atoms with Gasteiger partial charge in [0, 0.05) is 12.1 Å². The van der Waals surface area contributed by atoms with Crippen LogP contribution in [0.25, 0.3) is 0 Å². The normalized spacial score (nSPS) is 8.42. The standard InChI is InChI=1S/C11H12N/c1-2-3-7-10-12-11-8-5-4-6-9-11/h4-6,8-9,12H,1-2,10H2. The molecule has 0 spiro atoms. The van der Waals surface area contributed by atoms with Crippen molar-refractivity contribution in [3.8, 4) is 11.8 Å². The summed E-state index contributed by atoms with van der Waals surface area (Å²) in [6.45, 7) is 4.32. The van der Waals surface area contributed by atoms with E-state index in [9.17, 15) is 0 Å². The molecule has 0 aromatic heterocycles. The Hall–Kier alpha value is -1.42. The van der Waals surface area contributed by atoms with Crippen LogP contribution in [-0.2, 0) is 0 Å². The van der Waals surface area contributed by atoms with Crippen LogP contribution in [0.15, 0.2) is 30.3 Å². The number of anilines is 1. The van der Waals surface area contributed by atoms with Gasteiger partial charge in [0.25, 0.3) is 0 Å². The van der Waals surface area contributed by atoms with Crippen molar-refractivity contribution in [1.29, 1.82) is 0 Å². The average molecular weight is 158 g/mol. The van der Waals surface area contributed by atoms with Crippen LogP contribution >= 0.6 is 0 Å². The van der Waals surface area contributed by atoms with Gasteiger partial charge >= 0.3 is 0 Å². The Morgan fingerprint density at radius 3 is 2.58 bits per heavy atom. The summed E-state index contributed by atoms with van der Waals surface area (Å²) < 4.78 is 0. The van der Waals surface area contributed by atoms with E-state index in [-0.39, 0.29) is 0 Å². The van der Waals surface area contributed by atoms with Gasteiger partial charge in [-0.1, -0.05) is 24.1 Å². The summed E-state index contributed by atoms with van der Waals surface area (Å²) in [5.41, 5.74) is 1.11. The Morgan fingerprint density at radius 2 is 1.92 bits per heavy atom. The van der Waals surface area contributed by atoms with Gasteiger partial charge in [-0.3, -0.25) is 0 Å². The molecule has 1 aromatic rings. The fourth-order valence-electron chi connectivity index (χ4n) is 0.853. The lowest BCUT2D eigenvalue weighted by molar-refractivity contribution is 1.36. The van der Waals surface area contributed by atoms with Crippen molar-refractivity contribution in [3.05, 3.63) is 37.3 Å². The van der Waals surface area contributed by atoms with E-state index in [1.807, 2.05) is 30.3 Å². The lowest BCUT2D eigenvalue weighted by Crippen LogP contribution is -1.97. The molecule has 1 nitrogen and oxygen atoms in total. The van der Waals surface area contributed by atoms with Crippen LogP contribution in [0.3, 0.4) is 0 Å². The molecule has 0 saturated heterocycles. The molecule has 1 radical (unpaired) electrons. The second-order valence-corrected chi connectivity index (χ2v) is 2.32. The van der Waals surface area contributed by atoms with E-state index in [0.29, 0.717) is 13.0 Å². The van der Waals surface area contributed by atoms with Crippen molar-refractivity contribution in [1.82, 2.24) is 0 Å². The second kappa shape index (κ2) is 5.26. The van der Waals surface area contributed by atoms with Gasteiger partial charge < -0.3 is 5.32 Å². The first-order chi connectivity index (χ1) is 5.93. The molecular weight excluding hydrogens is 146 g/mol. The van der Waals surface area contributed by atoms with Gasteiger partial charge in [0.05, 0.1) is 6.54 Å². The molecule has 1 aromatic carbocycles. The highest BCUT2D eigenvalue weighted by Crippen LogP contribution is 2.03. The molecule has 1 N–H and O–H groups in total. The van der Waals surface area contributed by atoms with E-state index in [4.69, 9.17) is 0 Å². The summed E-state index contributed by atoms with van der Waals surface area (Å²) in [6.07, 6.45) is 0.677. The summed E-state index contributed by atoms with van der Waals surface area (Å²) in [6, 6.07) is 10.0. The third kappa shape index (κ3) is 3.12. The summed E-state index contributed by atoms with van der Waals surface area (Å²) in [5.74, 6) is 5.85. The van der Waals surface area contributed by atoms with Crippen molar-refractivity contribution in [2.24, 2.45) is 0 Å². The maximum absolute atomic E-state index is 3.63. The van der Waals surface area contributed by atoms with Gasteiger partial charge in [-0.2, -0.15) is 0 Å². The molecular formula is C11H12N. The smallest absolute Gasteiger partial charge is 0.0765 e. The average Bonchev–Trinajstić information content (AvgIpc) is 2.14. The minimum absolute atomic E-state index is 0.677. The molecule has 61 valence electrons. The van der Waals surface area contributed by atoms with Crippen molar-refractivity contribution in [2.75, 3.05) is 11.9 Å². The number of para-hydroxylation sites is 1. The molecule has 0 saturated carbocycles. The summed E-state index contributed by atoms with van der Waals surface area (Å²) in [7, 11) is 0. The van der Waals surface area contributed by atoms with E-state index >= 15 is 0 Å². The van der Waals surface area contributed by atoms with Gasteiger partial charge in [-0.15, -0.1) is 5.92 Å². The lowest BCUT2D eigenvalue weighted by atomic mass is 10.3. The number of nitrogens with one attached hydrogen (secondary N) is 1. The van der Waals surface area contributed by atoms with Crippen LogP contribution in [0.1, 0.15) is 6.42 Å². The Labute approximate surface area is 73.8 Å². The maximum atomic E-state index is 3.63. The molecule has 0 atom stereocenters. The van der Waals surface area contributed by atoms with E-state index in [1.165, 1.54) is 0 Å². The molecule has 0 unspecified atom stereocenters. The molecule has 0 aliphatic carbocycles. The Balaban J connectivity index is 2.34. The van der Waals surface area contributed by atoms with Gasteiger partial charge in [0.2, 0.25) is 0 Å². The fourth-order valence-corrected chi connectivity index (χ4v) is 0.853. The molecule has 0 heterocycles. The number of hydrogen-bond acceptors (Lipinski definition) is 1. The highest BCUT2D eigenvalue weighted by atomic mass is 14.8. The molecule has 0 bridgehead atoms. The van der Waals surface area contributed by atoms with Crippen LogP contribution in [0.5, 0.6) is 0 Å². The van der Waals surface area contributed by atoms with Gasteiger partial charge in [-0.05, 0) is 19.1 Å². The zero-order valence-corrected chi connectivity index (χ0v) is 7.01. The Bertz CT molecular complexity index is 266. The lowest BCUT2D eigenvalue weighted by Gasteiger charge is -1.99. The molecule has 0 aliphatic rings. The first-order valence-corrected chi connectivity index (χ1v) is 3.97. The van der Waals surface area contributed by atoms with Crippen LogP contribution in [0.4, 0.5) is 5.69 Å². The maximum Gasteiger partial charge on any atom is 0.0765 e.